The Bertz CT molecular complexity index is 9410. The molecule has 117 heavy (non-hydrogen) atoms. The molecule has 0 aromatic heterocycles. The topological polar surface area (TPSA) is 0 Å². The lowest BCUT2D eigenvalue weighted by Gasteiger charge is -3.85. The first-order valence-corrected chi connectivity index (χ1v) is 58.3. The second-order valence-corrected chi connectivity index (χ2v) is 80.4. The summed E-state index contributed by atoms with van der Waals surface area (Å²) < 4.78 is 0. The van der Waals surface area contributed by atoms with Gasteiger partial charge in [0.15, 0.2) is 0 Å². The Balaban J connectivity index is 0.567. The van der Waals surface area contributed by atoms with E-state index in [0.717, 1.165) is 195 Å². The number of hydrogen-bond acceptors (Lipinski definition) is 0. The van der Waals surface area contributed by atoms with Crippen molar-refractivity contribution in [3.8, 4) is 0 Å². The van der Waals surface area contributed by atoms with Crippen molar-refractivity contribution >= 4 is 0 Å². The molecule has 113 atom stereocenters. The van der Waals surface area contributed by atoms with Crippen molar-refractivity contribution < 1.29 is 0 Å². The van der Waals surface area contributed by atoms with Crippen LogP contribution < -0.4 is 0 Å². The molecular weight excluding hydrogens is 1410 g/mol. The van der Waals surface area contributed by atoms with E-state index >= 15 is 0 Å². The van der Waals surface area contributed by atoms with E-state index in [1.807, 2.05) is 25.7 Å². The van der Waals surface area contributed by atoms with E-state index in [2.05, 4.69) is 0 Å². The molecular formula is C117H44. The molecule has 0 heterocycles. The summed E-state index contributed by atoms with van der Waals surface area (Å²) in [5, 5.41) is 0. The summed E-state index contributed by atoms with van der Waals surface area (Å²) in [5.41, 5.74) is 89.6. The maximum atomic E-state index is 1.96. The van der Waals surface area contributed by atoms with E-state index in [1.54, 1.807) is 0 Å². The van der Waals surface area contributed by atoms with Gasteiger partial charge in [-0.2, -0.15) is 0 Å². The fourth-order valence-corrected chi connectivity index (χ4v) is 152. The van der Waals surface area contributed by atoms with Gasteiger partial charge in [-0.25, -0.2) is 0 Å². The first kappa shape index (κ1) is 35.0. The van der Waals surface area contributed by atoms with Crippen LogP contribution in [0.1, 0.15) is 25.7 Å². The molecule has 0 heteroatoms. The fraction of sp³-hybridized carbons (Fsp3) is 1.00. The Kier molecular flexibility index (Phi) is 1.39. The first-order valence-electron chi connectivity index (χ1n) is 58.3. The van der Waals surface area contributed by atoms with Crippen LogP contribution in [0.5, 0.6) is 0 Å². The Morgan fingerprint density at radius 2 is 0.162 bits per heavy atom. The van der Waals surface area contributed by atoms with Crippen LogP contribution in [0.15, 0.2) is 0 Å². The van der Waals surface area contributed by atoms with Crippen LogP contribution in [0, 0.1) is 630 Å². The van der Waals surface area contributed by atoms with Crippen molar-refractivity contribution in [3.05, 3.63) is 190 Å². The SMILES string of the molecule is C1C2C3C4C5C6C7C8CC9C%10C%11C%12C%13C%14C%15C%16C%17C%18C%19CC%20C%21C%22C%23C%24C%25C%26CC%27C%28C%29C%30C%31C%32C%33C%34C%35C%36C1C21C32C43C54C65C76C89C%107C68C56C45C34C23C%361C%351[C@@]%342C9%10C%34%35C%36%37C%38%39C%40%41C%42%43C%38%34C9%34C%429C%38%42C%43%44C%40%43C%40%45C%44%46C%38%44[C@@]%12([C@@]%13%46C%14%40[C@]%15%12C%45%13C%43%14C%41%15C%39%38C%36%39C%36%40C%38%41C%15%38C%14%15C%13%14[C@]%16%12[C@]%17%12C%18%13C%20%19C%21%16C%22%17C%23%18C%24%19C%25%20C%26%27C%28%21C%20%22C%19%20C%18%19C%17%18C%16%13[C@@]%14%12[C@@]%18%15C%19%38[C@@]%20%41[C@@]%22%36C%29%21[C@@]%30%40[C@@]%31%39C%32%37[C@@]%33%352)[C@@]%117[C@]8%44[C@]6%42C59[C@]4%34[C@@]31%10. The normalized spacial score (nSPS) is 160. The summed E-state index contributed by atoms with van der Waals surface area (Å²) in [5.74, 6) is 52.8. The Morgan fingerprint density at radius 1 is 0.0769 bits per heavy atom. The van der Waals surface area contributed by atoms with Crippen molar-refractivity contribution in [1.29, 1.82) is 0 Å². The fourth-order valence-electron chi connectivity index (χ4n) is 152. The van der Waals surface area contributed by atoms with E-state index in [-0.39, 0.29) is 0 Å². The highest BCUT2D eigenvalue weighted by Crippen LogP contribution is 3.97. The Labute approximate surface area is 651 Å². The average molecular weight is 1450 g/mol. The molecule has 96 rings (SSSR count). The summed E-state index contributed by atoms with van der Waals surface area (Å²) in [6.07, 6.45) is 7.84. The van der Waals surface area contributed by atoms with Crippen molar-refractivity contribution in [1.82, 2.24) is 0 Å². The van der Waals surface area contributed by atoms with Crippen LogP contribution in [0.25, 0.3) is 0 Å². The molecule has 0 saturated heterocycles. The highest BCUT2D eigenvalue weighted by atomic mass is 16.0. The van der Waals surface area contributed by atoms with Gasteiger partial charge in [0.25, 0.3) is 0 Å². The highest BCUT2D eigenvalue weighted by molar-refractivity contribution is 6.90. The van der Waals surface area contributed by atoms with Crippen LogP contribution in [0.4, 0.5) is 0 Å². The maximum absolute atomic E-state index is 1.96. The Morgan fingerprint density at radius 3 is 0.291 bits per heavy atom. The molecule has 96 aliphatic rings. The van der Waals surface area contributed by atoms with Crippen molar-refractivity contribution in [2.45, 2.75) is 25.7 Å². The molecule has 0 aromatic rings. The quantitative estimate of drug-likeness (QED) is 0.228. The lowest BCUT2D eigenvalue weighted by atomic mass is 8.16. The van der Waals surface area contributed by atoms with Gasteiger partial charge in [0.2, 0.25) is 0 Å². The van der Waals surface area contributed by atoms with Gasteiger partial charge in [-0.05, 0) is 656 Å². The summed E-state index contributed by atoms with van der Waals surface area (Å²) >= 11 is 0. The number of fused-ring (bicyclic) bond motifs is 32. The summed E-state index contributed by atoms with van der Waals surface area (Å²) in [6.45, 7) is 0. The third-order valence-corrected chi connectivity index (χ3v) is 113. The molecule has 96 aliphatic carbocycles. The van der Waals surface area contributed by atoms with Crippen LogP contribution >= 0.6 is 0 Å². The zero-order valence-electron chi connectivity index (χ0n) is 62.1. The van der Waals surface area contributed by atoms with E-state index in [4.69, 9.17) is 0 Å². The van der Waals surface area contributed by atoms with Crippen molar-refractivity contribution in [3.63, 3.8) is 0 Å². The molecule has 0 bridgehead atoms. The van der Waals surface area contributed by atoms with Crippen LogP contribution in [-0.4, -0.2) is 0 Å². The summed E-state index contributed by atoms with van der Waals surface area (Å²) in [4.78, 5) is 0. The van der Waals surface area contributed by atoms with Gasteiger partial charge < -0.3 is 0 Å². The molecule has 0 amide bonds. The molecule has 0 aliphatic heterocycles. The van der Waals surface area contributed by atoms with Gasteiger partial charge in [0, 0.05) is 0 Å². The zero-order chi connectivity index (χ0) is 62.1. The molecule has 96 saturated carbocycles. The summed E-state index contributed by atoms with van der Waals surface area (Å²) in [7, 11) is 0. The van der Waals surface area contributed by atoms with Gasteiger partial charge in [0.05, 0.1) is 0 Å². The molecule has 0 nitrogen and oxygen atoms in total. The minimum absolute atomic E-state index is 1.12. The van der Waals surface area contributed by atoms with Gasteiger partial charge in [-0.3, -0.25) is 0 Å². The third kappa shape index (κ3) is 0.601. The highest BCUT2D eigenvalue weighted by Gasteiger charge is 3.94. The minimum Gasteiger partial charge on any atom is -0.0458 e. The van der Waals surface area contributed by atoms with Gasteiger partial charge in [0.1, 0.15) is 0 Å². The van der Waals surface area contributed by atoms with Crippen LogP contribution in [-0.2, 0) is 0 Å². The standard InChI is InChI=1S/C117H44/c1-5-13-21-29-22-14-6-2-10-18-27-33-37-40-38-34-28-20-12-4-8-16-24-30-23-15-7-3-11-19-26-32-36-39-35-31-25-17-9(1)41(5)45(13)53(21)61(29)54(22)46(14)42(6,10)50(18)59(27)65(33)69(37)72(40)70(38)66(34)60(28)52(20)44(8,12)48(16)56(24)62(30)55(23)47(15)43(7,11)51(19)58(26)64(32)68(36)71(39)67(35)63(31)57(25)49(17,41)73(45)77(53)85(61)78(54)74(46,50)82(59)89(65)93(69)96(72)94(70)90(66)84(60)76(48,52)80(56)86(62)79(55)75(47,51)83(58)88(64)92(68)95(71)91(67)87(63)81(57,73)97(77)101(85)98(78,82)104(89)109(93)112(96)110(94)106(90)100(80,84)102(86)99(79,83)105(88)108(92)111(95)107(91)103(87,97)113(101,104)115(107,109)117(111,112)116(108,110)114(102,105)106/h5-40H,1-4H2/t5?,6?,7?,8?,9?,10?,11?,12?,13?,14?,15?,16?,17?,18?,19?,20?,21?,22?,23?,24?,25?,26?,27?,28?,29?,30?,31?,32?,33?,34?,35?,36?,37?,38?,39?,40?,41?,42?,43?,44?,45?,46?,47?,48?,49?,50?,51?,52?,53?,54?,55?,56?,57-,58-,59?,60?,61?,62?,63-,64+,65+,66-,67-,68+,69+,70-,71?,72?,73?,74?,75?,76?,77?,78?,79?,80?,81+,82-,83-,84+,85?,86?,87?,88?,89?,90?,91?,92?,93?,94?,95?,96?,97+,98-,99-,100+,101?,102?,103?,104?,105?,106?,107?,108?,109?,110?,111?,112?,113?,114?,115?,116?,117?/m1/s1. The molecule has 96 fully saturated rings. The van der Waals surface area contributed by atoms with E-state index in [1.165, 1.54) is 435 Å². The number of rotatable bonds is 0. The second-order valence-electron chi connectivity index (χ2n) is 80.4. The van der Waals surface area contributed by atoms with Crippen LogP contribution in [0.2, 0.25) is 0 Å². The van der Waals surface area contributed by atoms with Gasteiger partial charge >= 0.3 is 0 Å². The monoisotopic (exact) mass is 1450 g/mol. The smallest absolute Gasteiger partial charge is 0.000000408 e. The second kappa shape index (κ2) is 4.66. The molecule has 0 N–H and O–H groups in total. The molecule has 0 aromatic carbocycles. The maximum Gasteiger partial charge on any atom is -0.000000408 e. The predicted octanol–water partition coefficient (Wildman–Crippen LogP) is 8.83. The third-order valence-electron chi connectivity index (χ3n) is 113. The molecule has 77 spiro atoms. The number of hydrogen-bond donors (Lipinski definition) is 0. The van der Waals surface area contributed by atoms with Gasteiger partial charge in [-0.1, -0.05) is 0 Å². The molecule has 512 valence electrons. The lowest BCUT2D eigenvalue weighted by molar-refractivity contribution is -1.26. The minimum atomic E-state index is 1.12. The molecule has 0 radical (unpaired) electrons. The summed E-state index contributed by atoms with van der Waals surface area (Å²) in [6, 6.07) is 0. The van der Waals surface area contributed by atoms with Crippen LogP contribution in [0.3, 0.4) is 0 Å². The Hall–Kier alpha value is 0. The van der Waals surface area contributed by atoms with Crippen molar-refractivity contribution in [2.24, 2.45) is 440 Å². The van der Waals surface area contributed by atoms with Gasteiger partial charge in [-0.15, -0.1) is 0 Å². The van der Waals surface area contributed by atoms with Crippen molar-refractivity contribution in [2.75, 3.05) is 0 Å². The lowest BCUT2D eigenvalue weighted by Crippen LogP contribution is -3.82. The van der Waals surface area contributed by atoms with E-state index < -0.39 is 0 Å². The predicted molar refractivity (Wildman–Crippen MR) is 360 cm³/mol. The first-order chi connectivity index (χ1) is 58.3. The average Bonchev–Trinajstić information content (AvgIpc) is 0.388. The van der Waals surface area contributed by atoms with E-state index in [0.29, 0.717) is 0 Å². The molecule has 95 unspecified atom stereocenters. The zero-order valence-corrected chi connectivity index (χ0v) is 62.1. The van der Waals surface area contributed by atoms with E-state index in [9.17, 15) is 0 Å². The largest absolute Gasteiger partial charge is 0.0458 e.